The summed E-state index contributed by atoms with van der Waals surface area (Å²) in [6, 6.07) is 9.65. The van der Waals surface area contributed by atoms with E-state index in [1.54, 1.807) is 6.08 Å². The minimum absolute atomic E-state index is 0.00160. The summed E-state index contributed by atoms with van der Waals surface area (Å²) in [5.74, 6) is 0.350. The van der Waals surface area contributed by atoms with E-state index < -0.39 is 6.10 Å². The van der Waals surface area contributed by atoms with Crippen LogP contribution >= 0.6 is 0 Å². The molecule has 0 saturated carbocycles. The van der Waals surface area contributed by atoms with Gasteiger partial charge in [0.05, 0.1) is 19.3 Å². The minimum Gasteiger partial charge on any atom is -0.489 e. The summed E-state index contributed by atoms with van der Waals surface area (Å²) in [6.45, 7) is 5.87. The number of nitrogens with one attached hydrogen (secondary N) is 1. The maximum absolute atomic E-state index is 9.99. The van der Waals surface area contributed by atoms with Gasteiger partial charge in [0, 0.05) is 5.57 Å². The van der Waals surface area contributed by atoms with Crippen LogP contribution in [-0.2, 0) is 11.3 Å². The molecule has 5 heteroatoms. The second-order valence-electron chi connectivity index (χ2n) is 5.02. The van der Waals surface area contributed by atoms with Crippen molar-refractivity contribution < 1.29 is 20.2 Å². The lowest BCUT2D eigenvalue weighted by atomic mass is 10.0. The molecule has 1 atom stereocenters. The Morgan fingerprint density at radius 1 is 1.35 bits per heavy atom. The standard InChI is InChI=1S/C18H25NO4/c1-3-7-16(18(21)11-19-22)10-17(12-20)14(2)23-13-15-8-5-4-6-9-15/h4-10,18-22H,2-3,11-13H2,1H3/b16-7+,17-10-/t18-/m1/s1. The molecule has 0 aliphatic rings. The van der Waals surface area contributed by atoms with Gasteiger partial charge in [-0.25, -0.2) is 5.48 Å². The van der Waals surface area contributed by atoms with Crippen LogP contribution in [0.3, 0.4) is 0 Å². The first-order valence-electron chi connectivity index (χ1n) is 7.54. The highest BCUT2D eigenvalue weighted by atomic mass is 16.5. The molecule has 126 valence electrons. The molecule has 1 aromatic carbocycles. The fourth-order valence-corrected chi connectivity index (χ4v) is 1.98. The maximum Gasteiger partial charge on any atom is 0.118 e. The molecule has 1 rings (SSSR count). The van der Waals surface area contributed by atoms with Gasteiger partial charge in [0.1, 0.15) is 12.4 Å². The molecule has 0 heterocycles. The average Bonchev–Trinajstić information content (AvgIpc) is 2.57. The van der Waals surface area contributed by atoms with Crippen molar-refractivity contribution in [3.05, 3.63) is 71.5 Å². The Hall–Kier alpha value is -1.92. The second-order valence-corrected chi connectivity index (χ2v) is 5.02. The van der Waals surface area contributed by atoms with E-state index in [4.69, 9.17) is 9.94 Å². The first-order chi connectivity index (χ1) is 11.1. The van der Waals surface area contributed by atoms with Crippen LogP contribution in [0.2, 0.25) is 0 Å². The Morgan fingerprint density at radius 2 is 2.04 bits per heavy atom. The number of benzene rings is 1. The van der Waals surface area contributed by atoms with Crippen molar-refractivity contribution >= 4 is 0 Å². The minimum atomic E-state index is -0.886. The third-order valence-electron chi connectivity index (χ3n) is 3.23. The number of aliphatic hydroxyl groups is 2. The van der Waals surface area contributed by atoms with Gasteiger partial charge < -0.3 is 20.2 Å². The average molecular weight is 319 g/mol. The Labute approximate surface area is 137 Å². The van der Waals surface area contributed by atoms with Crippen LogP contribution in [-0.4, -0.2) is 34.7 Å². The van der Waals surface area contributed by atoms with Crippen LogP contribution in [0.5, 0.6) is 0 Å². The smallest absolute Gasteiger partial charge is 0.118 e. The number of hydrogen-bond acceptors (Lipinski definition) is 5. The first kappa shape index (κ1) is 19.1. The van der Waals surface area contributed by atoms with E-state index in [9.17, 15) is 10.2 Å². The number of allylic oxidation sites excluding steroid dienone is 1. The van der Waals surface area contributed by atoms with Crippen molar-refractivity contribution in [3.63, 3.8) is 0 Å². The largest absolute Gasteiger partial charge is 0.489 e. The van der Waals surface area contributed by atoms with E-state index >= 15 is 0 Å². The Kier molecular flexibility index (Phi) is 8.94. The Bertz CT molecular complexity index is 537. The Balaban J connectivity index is 2.78. The fourth-order valence-electron chi connectivity index (χ4n) is 1.98. The van der Waals surface area contributed by atoms with Gasteiger partial charge in [-0.15, -0.1) is 0 Å². The predicted octanol–water partition coefficient (Wildman–Crippen LogP) is 2.31. The van der Waals surface area contributed by atoms with Crippen molar-refractivity contribution in [2.45, 2.75) is 26.1 Å². The zero-order chi connectivity index (χ0) is 17.1. The third kappa shape index (κ3) is 6.80. The molecule has 0 saturated heterocycles. The number of rotatable bonds is 10. The predicted molar refractivity (Wildman–Crippen MR) is 89.7 cm³/mol. The number of ether oxygens (including phenoxy) is 1. The van der Waals surface area contributed by atoms with Crippen molar-refractivity contribution in [2.24, 2.45) is 0 Å². The summed E-state index contributed by atoms with van der Waals surface area (Å²) in [6.07, 6.45) is 3.29. The van der Waals surface area contributed by atoms with Gasteiger partial charge in [-0.3, -0.25) is 0 Å². The van der Waals surface area contributed by atoms with E-state index in [0.29, 0.717) is 29.9 Å². The normalized spacial score (nSPS) is 13.7. The maximum atomic E-state index is 9.99. The summed E-state index contributed by atoms with van der Waals surface area (Å²) >= 11 is 0. The molecule has 4 N–H and O–H groups in total. The van der Waals surface area contributed by atoms with Crippen molar-refractivity contribution in [3.8, 4) is 0 Å². The topological polar surface area (TPSA) is 82.0 Å². The molecule has 0 fully saturated rings. The molecule has 1 aromatic rings. The van der Waals surface area contributed by atoms with E-state index in [1.807, 2.05) is 48.8 Å². The number of aliphatic hydroxyl groups excluding tert-OH is 2. The molecular formula is C18H25NO4. The highest BCUT2D eigenvalue weighted by Crippen LogP contribution is 2.17. The lowest BCUT2D eigenvalue weighted by Crippen LogP contribution is -2.25. The molecule has 0 aliphatic heterocycles. The number of hydrogen-bond donors (Lipinski definition) is 4. The summed E-state index contributed by atoms with van der Waals surface area (Å²) < 4.78 is 5.60. The van der Waals surface area contributed by atoms with Crippen LogP contribution in [0.15, 0.2) is 66.0 Å². The van der Waals surface area contributed by atoms with Gasteiger partial charge in [-0.2, -0.15) is 0 Å². The van der Waals surface area contributed by atoms with E-state index in [-0.39, 0.29) is 13.2 Å². The van der Waals surface area contributed by atoms with Crippen LogP contribution in [0.1, 0.15) is 18.9 Å². The molecule has 0 aliphatic carbocycles. The van der Waals surface area contributed by atoms with Gasteiger partial charge in [-0.1, -0.05) is 49.9 Å². The Morgan fingerprint density at radius 3 is 2.61 bits per heavy atom. The van der Waals surface area contributed by atoms with Crippen LogP contribution in [0.4, 0.5) is 0 Å². The van der Waals surface area contributed by atoms with Crippen LogP contribution < -0.4 is 5.48 Å². The fraction of sp³-hybridized carbons (Fsp3) is 0.333. The van der Waals surface area contributed by atoms with Gasteiger partial charge in [0.15, 0.2) is 0 Å². The highest BCUT2D eigenvalue weighted by molar-refractivity contribution is 5.35. The zero-order valence-electron chi connectivity index (χ0n) is 13.4. The first-order valence-corrected chi connectivity index (χ1v) is 7.54. The van der Waals surface area contributed by atoms with Gasteiger partial charge in [0.2, 0.25) is 0 Å². The molecule has 0 spiro atoms. The molecule has 0 aromatic heterocycles. The highest BCUT2D eigenvalue weighted by Gasteiger charge is 2.11. The van der Waals surface area contributed by atoms with Gasteiger partial charge in [0.25, 0.3) is 0 Å². The molecule has 0 bridgehead atoms. The van der Waals surface area contributed by atoms with Crippen molar-refractivity contribution in [1.29, 1.82) is 0 Å². The van der Waals surface area contributed by atoms with Crippen molar-refractivity contribution in [2.75, 3.05) is 13.2 Å². The molecule has 5 nitrogen and oxygen atoms in total. The van der Waals surface area contributed by atoms with E-state index in [1.165, 1.54) is 0 Å². The van der Waals surface area contributed by atoms with Crippen LogP contribution in [0.25, 0.3) is 0 Å². The van der Waals surface area contributed by atoms with E-state index in [2.05, 4.69) is 6.58 Å². The van der Waals surface area contributed by atoms with Crippen molar-refractivity contribution in [1.82, 2.24) is 5.48 Å². The second kappa shape index (κ2) is 10.7. The van der Waals surface area contributed by atoms with Gasteiger partial charge in [-0.05, 0) is 23.6 Å². The number of hydroxylamine groups is 1. The summed E-state index contributed by atoms with van der Waals surface area (Å²) in [7, 11) is 0. The summed E-state index contributed by atoms with van der Waals surface area (Å²) in [5, 5.41) is 28.2. The van der Waals surface area contributed by atoms with E-state index in [0.717, 1.165) is 5.56 Å². The zero-order valence-corrected chi connectivity index (χ0v) is 13.4. The summed E-state index contributed by atoms with van der Waals surface area (Å²) in [4.78, 5) is 0. The quantitative estimate of drug-likeness (QED) is 0.302. The lowest BCUT2D eigenvalue weighted by molar-refractivity contribution is 0.110. The monoisotopic (exact) mass is 319 g/mol. The third-order valence-corrected chi connectivity index (χ3v) is 3.23. The molecular weight excluding hydrogens is 294 g/mol. The van der Waals surface area contributed by atoms with Crippen LogP contribution in [0, 0.1) is 0 Å². The molecule has 0 radical (unpaired) electrons. The summed E-state index contributed by atoms with van der Waals surface area (Å²) in [5.41, 5.74) is 4.01. The molecule has 23 heavy (non-hydrogen) atoms. The SMILES string of the molecule is C=C(OCc1ccccc1)/C(=C\C(=C/CC)[C@H](O)CNO)CO. The van der Waals surface area contributed by atoms with Gasteiger partial charge >= 0.3 is 0 Å². The molecule has 0 unspecified atom stereocenters. The molecule has 0 amide bonds. The lowest BCUT2D eigenvalue weighted by Gasteiger charge is -2.15.